The summed E-state index contributed by atoms with van der Waals surface area (Å²) in [5.74, 6) is 0.302. The molecule has 0 radical (unpaired) electrons. The molecule has 3 aromatic rings. The summed E-state index contributed by atoms with van der Waals surface area (Å²) in [6, 6.07) is 8.48. The summed E-state index contributed by atoms with van der Waals surface area (Å²) < 4.78 is 5.53. The molecule has 0 spiro atoms. The molecule has 25 heavy (non-hydrogen) atoms. The van der Waals surface area contributed by atoms with Gasteiger partial charge in [0.1, 0.15) is 5.82 Å². The van der Waals surface area contributed by atoms with Crippen LogP contribution in [0.25, 0.3) is 10.9 Å². The molecular weight excluding hydrogens is 322 g/mol. The average Bonchev–Trinajstić information content (AvgIpc) is 3.04. The van der Waals surface area contributed by atoms with Gasteiger partial charge in [-0.2, -0.15) is 5.10 Å². The Morgan fingerprint density at radius 3 is 3.04 bits per heavy atom. The lowest BCUT2D eigenvalue weighted by Gasteiger charge is -2.34. The Kier molecular flexibility index (Phi) is 3.81. The van der Waals surface area contributed by atoms with E-state index in [1.54, 1.807) is 11.8 Å². The number of morpholine rings is 1. The van der Waals surface area contributed by atoms with E-state index in [9.17, 15) is 9.59 Å². The number of hydrogen-bond acceptors (Lipinski definition) is 5. The third-order valence-electron chi connectivity index (χ3n) is 4.28. The van der Waals surface area contributed by atoms with Crippen LogP contribution >= 0.6 is 0 Å². The van der Waals surface area contributed by atoms with Crippen molar-refractivity contribution in [2.75, 3.05) is 19.8 Å². The zero-order valence-corrected chi connectivity index (χ0v) is 13.7. The molecule has 1 fully saturated rings. The number of benzene rings is 1. The Labute approximate surface area is 142 Å². The first-order valence-electron chi connectivity index (χ1n) is 8.03. The summed E-state index contributed by atoms with van der Waals surface area (Å²) in [4.78, 5) is 33.5. The number of hydrogen-bond donors (Lipinski definition) is 2. The minimum absolute atomic E-state index is 0.203. The predicted molar refractivity (Wildman–Crippen MR) is 90.3 cm³/mol. The summed E-state index contributed by atoms with van der Waals surface area (Å²) >= 11 is 0. The zero-order chi connectivity index (χ0) is 17.4. The largest absolute Gasteiger partial charge is 0.377 e. The highest BCUT2D eigenvalue weighted by Crippen LogP contribution is 2.26. The first-order chi connectivity index (χ1) is 12.1. The molecule has 8 nitrogen and oxygen atoms in total. The molecule has 1 saturated heterocycles. The number of para-hydroxylation sites is 1. The quantitative estimate of drug-likeness (QED) is 0.729. The topological polar surface area (TPSA) is 104 Å². The van der Waals surface area contributed by atoms with Crippen LogP contribution in [0.2, 0.25) is 0 Å². The van der Waals surface area contributed by atoms with Crippen molar-refractivity contribution in [3.05, 3.63) is 57.9 Å². The summed E-state index contributed by atoms with van der Waals surface area (Å²) in [5, 5.41) is 7.84. The zero-order valence-electron chi connectivity index (χ0n) is 13.7. The fraction of sp³-hybridized carbons (Fsp3) is 0.294. The lowest BCUT2D eigenvalue weighted by atomic mass is 10.1. The number of H-pyrrole nitrogens is 2. The van der Waals surface area contributed by atoms with Gasteiger partial charge in [0, 0.05) is 18.0 Å². The molecular formula is C17H17N5O3. The van der Waals surface area contributed by atoms with Crippen molar-refractivity contribution in [3.8, 4) is 0 Å². The van der Waals surface area contributed by atoms with Crippen molar-refractivity contribution in [3.63, 3.8) is 0 Å². The van der Waals surface area contributed by atoms with E-state index in [1.165, 1.54) is 6.07 Å². The Bertz CT molecular complexity index is 993. The van der Waals surface area contributed by atoms with Gasteiger partial charge in [-0.15, -0.1) is 0 Å². The summed E-state index contributed by atoms with van der Waals surface area (Å²) in [7, 11) is 0. The van der Waals surface area contributed by atoms with E-state index >= 15 is 0 Å². The maximum Gasteiger partial charge on any atom is 0.275 e. The minimum Gasteiger partial charge on any atom is -0.377 e. The smallest absolute Gasteiger partial charge is 0.275 e. The summed E-state index contributed by atoms with van der Waals surface area (Å²) in [6.45, 7) is 2.86. The van der Waals surface area contributed by atoms with E-state index in [-0.39, 0.29) is 11.5 Å². The molecule has 2 N–H and O–H groups in total. The Morgan fingerprint density at radius 2 is 2.20 bits per heavy atom. The van der Waals surface area contributed by atoms with Gasteiger partial charge in [-0.3, -0.25) is 14.7 Å². The lowest BCUT2D eigenvalue weighted by Crippen LogP contribution is -2.44. The predicted octanol–water partition coefficient (Wildman–Crippen LogP) is 1.17. The number of nitrogens with zero attached hydrogens (tertiary/aromatic N) is 3. The van der Waals surface area contributed by atoms with Crippen LogP contribution in [0.5, 0.6) is 0 Å². The standard InChI is InChI=1S/C17H17N5O3/c1-10-18-13(8-15(23)19-10)14-9-25-7-6-22(14)17(24)16-11-4-2-3-5-12(11)20-21-16/h2-5,8,14H,6-7,9H2,1H3,(H,20,21)(H,18,19,23)/t14-/m1/s1. The lowest BCUT2D eigenvalue weighted by molar-refractivity contribution is -0.00422. The van der Waals surface area contributed by atoms with Crippen molar-refractivity contribution in [1.82, 2.24) is 25.1 Å². The van der Waals surface area contributed by atoms with E-state index in [2.05, 4.69) is 20.2 Å². The number of aromatic amines is 2. The maximum absolute atomic E-state index is 13.1. The molecule has 0 saturated carbocycles. The number of aromatic nitrogens is 4. The van der Waals surface area contributed by atoms with Gasteiger partial charge in [0.2, 0.25) is 0 Å². The van der Waals surface area contributed by atoms with Gasteiger partial charge >= 0.3 is 0 Å². The number of nitrogens with one attached hydrogen (secondary N) is 2. The molecule has 1 atom stereocenters. The monoisotopic (exact) mass is 339 g/mol. The van der Waals surface area contributed by atoms with Crippen molar-refractivity contribution in [2.24, 2.45) is 0 Å². The van der Waals surface area contributed by atoms with Crippen molar-refractivity contribution in [2.45, 2.75) is 13.0 Å². The van der Waals surface area contributed by atoms with Crippen LogP contribution in [0, 0.1) is 6.92 Å². The molecule has 1 aliphatic heterocycles. The molecule has 4 rings (SSSR count). The Morgan fingerprint density at radius 1 is 1.36 bits per heavy atom. The maximum atomic E-state index is 13.1. The molecule has 1 aromatic carbocycles. The van der Waals surface area contributed by atoms with Crippen LogP contribution in [-0.4, -0.2) is 50.7 Å². The second kappa shape index (κ2) is 6.14. The van der Waals surface area contributed by atoms with Crippen LogP contribution < -0.4 is 5.56 Å². The van der Waals surface area contributed by atoms with Gasteiger partial charge in [-0.25, -0.2) is 4.98 Å². The SMILES string of the molecule is Cc1nc([C@H]2COCCN2C(=O)c2n[nH]c3ccccc23)cc(=O)[nH]1. The number of aryl methyl sites for hydroxylation is 1. The van der Waals surface area contributed by atoms with Crippen molar-refractivity contribution < 1.29 is 9.53 Å². The van der Waals surface area contributed by atoms with E-state index in [4.69, 9.17) is 4.74 Å². The summed E-state index contributed by atoms with van der Waals surface area (Å²) in [6.07, 6.45) is 0. The van der Waals surface area contributed by atoms with Crippen LogP contribution in [-0.2, 0) is 4.74 Å². The number of ether oxygens (including phenoxy) is 1. The number of carbonyl (C=O) groups excluding carboxylic acids is 1. The molecule has 3 heterocycles. The molecule has 0 bridgehead atoms. The first kappa shape index (κ1) is 15.5. The van der Waals surface area contributed by atoms with E-state index in [1.807, 2.05) is 24.3 Å². The molecule has 8 heteroatoms. The van der Waals surface area contributed by atoms with Crippen LogP contribution in [0.3, 0.4) is 0 Å². The van der Waals surface area contributed by atoms with Gasteiger partial charge in [0.25, 0.3) is 11.5 Å². The number of rotatable bonds is 2. The molecule has 0 unspecified atom stereocenters. The van der Waals surface area contributed by atoms with Crippen LogP contribution in [0.4, 0.5) is 0 Å². The summed E-state index contributed by atoms with van der Waals surface area (Å²) in [5.41, 5.74) is 1.45. The Hall–Kier alpha value is -3.00. The minimum atomic E-state index is -0.419. The number of fused-ring (bicyclic) bond motifs is 1. The average molecular weight is 339 g/mol. The second-order valence-electron chi connectivity index (χ2n) is 5.96. The number of carbonyl (C=O) groups is 1. The fourth-order valence-electron chi connectivity index (χ4n) is 3.13. The van der Waals surface area contributed by atoms with Gasteiger partial charge in [-0.1, -0.05) is 18.2 Å². The van der Waals surface area contributed by atoms with E-state index in [0.717, 1.165) is 10.9 Å². The van der Waals surface area contributed by atoms with Gasteiger partial charge in [0.05, 0.1) is 30.5 Å². The van der Waals surface area contributed by atoms with Gasteiger partial charge in [0.15, 0.2) is 5.69 Å². The molecule has 2 aromatic heterocycles. The van der Waals surface area contributed by atoms with E-state index < -0.39 is 6.04 Å². The second-order valence-corrected chi connectivity index (χ2v) is 5.96. The van der Waals surface area contributed by atoms with E-state index in [0.29, 0.717) is 37.0 Å². The third kappa shape index (κ3) is 2.80. The van der Waals surface area contributed by atoms with Crippen LogP contribution in [0.15, 0.2) is 35.1 Å². The van der Waals surface area contributed by atoms with Crippen LogP contribution in [0.1, 0.15) is 28.0 Å². The highest BCUT2D eigenvalue weighted by Gasteiger charge is 2.32. The third-order valence-corrected chi connectivity index (χ3v) is 4.28. The van der Waals surface area contributed by atoms with Gasteiger partial charge < -0.3 is 14.6 Å². The van der Waals surface area contributed by atoms with Crippen molar-refractivity contribution >= 4 is 16.8 Å². The fourth-order valence-corrected chi connectivity index (χ4v) is 3.13. The first-order valence-corrected chi connectivity index (χ1v) is 8.03. The molecule has 0 aliphatic carbocycles. The normalized spacial score (nSPS) is 17.8. The highest BCUT2D eigenvalue weighted by atomic mass is 16.5. The number of amides is 1. The highest BCUT2D eigenvalue weighted by molar-refractivity contribution is 6.04. The molecule has 128 valence electrons. The Balaban J connectivity index is 1.73. The molecule has 1 amide bonds. The molecule has 1 aliphatic rings. The van der Waals surface area contributed by atoms with Crippen molar-refractivity contribution in [1.29, 1.82) is 0 Å². The van der Waals surface area contributed by atoms with Gasteiger partial charge in [-0.05, 0) is 13.0 Å².